The van der Waals surface area contributed by atoms with Crippen molar-refractivity contribution in [3.8, 4) is 0 Å². The van der Waals surface area contributed by atoms with E-state index in [9.17, 15) is 0 Å². The summed E-state index contributed by atoms with van der Waals surface area (Å²) < 4.78 is 1.93. The molecule has 4 rings (SSSR count). The minimum absolute atomic E-state index is 0.409. The maximum absolute atomic E-state index is 4.53. The molecule has 3 aromatic rings. The number of fused-ring (bicyclic) bond motifs is 1. The molecule has 4 heterocycles. The molecule has 136 valence electrons. The third-order valence-electron chi connectivity index (χ3n) is 4.75. The van der Waals surface area contributed by atoms with Crippen molar-refractivity contribution in [2.45, 2.75) is 25.8 Å². The zero-order valence-corrected chi connectivity index (χ0v) is 15.4. The summed E-state index contributed by atoms with van der Waals surface area (Å²) in [6.07, 6.45) is 5.51. The fourth-order valence-corrected chi connectivity index (χ4v) is 3.38. The van der Waals surface area contributed by atoms with Gasteiger partial charge in [0.25, 0.3) is 0 Å². The maximum atomic E-state index is 4.53. The third kappa shape index (κ3) is 3.26. The van der Waals surface area contributed by atoms with E-state index >= 15 is 0 Å². The van der Waals surface area contributed by atoms with Gasteiger partial charge in [-0.15, -0.1) is 0 Å². The van der Waals surface area contributed by atoms with E-state index in [4.69, 9.17) is 0 Å². The Morgan fingerprint density at radius 1 is 1.15 bits per heavy atom. The fourth-order valence-electron chi connectivity index (χ4n) is 3.38. The number of hydrogen-bond donors (Lipinski definition) is 1. The lowest BCUT2D eigenvalue weighted by molar-refractivity contribution is 0.519. The predicted molar refractivity (Wildman–Crippen MR) is 103 cm³/mol. The standard InChI is InChI=1S/C18H24N8/c1-13-10-18(26-16(22-13)4-7-21-26)25-8-5-14(6-9-25)23-15-11-17(24(2)3)20-12-19-15/h4,7,10-12,14H,5-6,8-9H2,1-3H3,(H,19,20,23). The molecule has 0 spiro atoms. The van der Waals surface area contributed by atoms with E-state index in [1.54, 1.807) is 12.5 Å². The van der Waals surface area contributed by atoms with E-state index in [-0.39, 0.29) is 0 Å². The summed E-state index contributed by atoms with van der Waals surface area (Å²) >= 11 is 0. The molecule has 26 heavy (non-hydrogen) atoms. The first-order chi connectivity index (χ1) is 12.6. The molecule has 0 radical (unpaired) electrons. The van der Waals surface area contributed by atoms with Crippen LogP contribution in [0.15, 0.2) is 30.7 Å². The Morgan fingerprint density at radius 2 is 1.96 bits per heavy atom. The molecule has 8 nitrogen and oxygen atoms in total. The summed E-state index contributed by atoms with van der Waals surface area (Å²) in [6.45, 7) is 3.98. The topological polar surface area (TPSA) is 74.5 Å². The average Bonchev–Trinajstić information content (AvgIpc) is 3.10. The van der Waals surface area contributed by atoms with Crippen LogP contribution in [-0.4, -0.2) is 57.8 Å². The van der Waals surface area contributed by atoms with Gasteiger partial charge in [0.1, 0.15) is 23.8 Å². The van der Waals surface area contributed by atoms with Crippen LogP contribution in [0.2, 0.25) is 0 Å². The van der Waals surface area contributed by atoms with E-state index < -0.39 is 0 Å². The van der Waals surface area contributed by atoms with Gasteiger partial charge in [0.05, 0.1) is 6.20 Å². The summed E-state index contributed by atoms with van der Waals surface area (Å²) in [5.41, 5.74) is 1.92. The van der Waals surface area contributed by atoms with Crippen LogP contribution < -0.4 is 15.1 Å². The zero-order chi connectivity index (χ0) is 18.1. The molecule has 0 amide bonds. The lowest BCUT2D eigenvalue weighted by Crippen LogP contribution is -2.40. The highest BCUT2D eigenvalue weighted by Crippen LogP contribution is 2.23. The Morgan fingerprint density at radius 3 is 2.73 bits per heavy atom. The van der Waals surface area contributed by atoms with Gasteiger partial charge >= 0.3 is 0 Å². The molecule has 0 aromatic carbocycles. The van der Waals surface area contributed by atoms with Crippen molar-refractivity contribution in [3.63, 3.8) is 0 Å². The fraction of sp³-hybridized carbons (Fsp3) is 0.444. The number of piperidine rings is 1. The van der Waals surface area contributed by atoms with Crippen LogP contribution in [0.1, 0.15) is 18.5 Å². The van der Waals surface area contributed by atoms with Crippen LogP contribution in [0.25, 0.3) is 5.65 Å². The highest BCUT2D eigenvalue weighted by Gasteiger charge is 2.22. The van der Waals surface area contributed by atoms with E-state index in [0.29, 0.717) is 6.04 Å². The van der Waals surface area contributed by atoms with Crippen molar-refractivity contribution in [1.29, 1.82) is 0 Å². The van der Waals surface area contributed by atoms with Crippen LogP contribution in [0.3, 0.4) is 0 Å². The number of nitrogens with one attached hydrogen (secondary N) is 1. The normalized spacial score (nSPS) is 15.4. The minimum atomic E-state index is 0.409. The molecular formula is C18H24N8. The van der Waals surface area contributed by atoms with Crippen molar-refractivity contribution >= 4 is 23.1 Å². The Labute approximate surface area is 152 Å². The number of nitrogens with zero attached hydrogens (tertiary/aromatic N) is 7. The number of anilines is 3. The van der Waals surface area contributed by atoms with Crippen LogP contribution >= 0.6 is 0 Å². The molecule has 1 aliphatic rings. The van der Waals surface area contributed by atoms with Gasteiger partial charge < -0.3 is 15.1 Å². The molecule has 1 aliphatic heterocycles. The smallest absolute Gasteiger partial charge is 0.157 e. The molecule has 3 aromatic heterocycles. The molecule has 1 fully saturated rings. The Hall–Kier alpha value is -2.90. The molecule has 1 N–H and O–H groups in total. The lowest BCUT2D eigenvalue weighted by atomic mass is 10.0. The Kier molecular flexibility index (Phi) is 4.32. The second kappa shape index (κ2) is 6.78. The SMILES string of the molecule is Cc1cc(N2CCC(Nc3cc(N(C)C)ncn3)CC2)n2nccc2n1. The first kappa shape index (κ1) is 16.6. The molecule has 1 saturated heterocycles. The molecule has 0 aliphatic carbocycles. The van der Waals surface area contributed by atoms with Crippen molar-refractivity contribution < 1.29 is 0 Å². The number of hydrogen-bond acceptors (Lipinski definition) is 7. The van der Waals surface area contributed by atoms with E-state index in [2.05, 4.69) is 36.3 Å². The molecule has 8 heteroatoms. The van der Waals surface area contributed by atoms with Crippen molar-refractivity contribution in [2.75, 3.05) is 42.3 Å². The van der Waals surface area contributed by atoms with Crippen LogP contribution in [0.4, 0.5) is 17.5 Å². The Balaban J connectivity index is 1.44. The summed E-state index contributed by atoms with van der Waals surface area (Å²) in [7, 11) is 3.97. The van der Waals surface area contributed by atoms with Gasteiger partial charge in [-0.05, 0) is 19.8 Å². The van der Waals surface area contributed by atoms with Gasteiger partial charge in [-0.1, -0.05) is 0 Å². The molecule has 0 bridgehead atoms. The van der Waals surface area contributed by atoms with Gasteiger partial charge in [0.2, 0.25) is 0 Å². The van der Waals surface area contributed by atoms with Gasteiger partial charge in [-0.3, -0.25) is 0 Å². The van der Waals surface area contributed by atoms with Gasteiger partial charge in [-0.2, -0.15) is 9.61 Å². The largest absolute Gasteiger partial charge is 0.367 e. The van der Waals surface area contributed by atoms with Crippen molar-refractivity contribution in [3.05, 3.63) is 36.4 Å². The highest BCUT2D eigenvalue weighted by atomic mass is 15.3. The molecule has 0 saturated carbocycles. The van der Waals surface area contributed by atoms with Gasteiger partial charge in [0.15, 0.2) is 5.65 Å². The van der Waals surface area contributed by atoms with E-state index in [1.165, 1.54) is 0 Å². The zero-order valence-electron chi connectivity index (χ0n) is 15.4. The summed E-state index contributed by atoms with van der Waals surface area (Å²) in [5.74, 6) is 2.91. The maximum Gasteiger partial charge on any atom is 0.157 e. The summed E-state index contributed by atoms with van der Waals surface area (Å²) in [4.78, 5) is 17.5. The van der Waals surface area contributed by atoms with E-state index in [0.717, 1.165) is 54.7 Å². The monoisotopic (exact) mass is 352 g/mol. The Bertz CT molecular complexity index is 895. The number of rotatable bonds is 4. The summed E-state index contributed by atoms with van der Waals surface area (Å²) in [6, 6.07) is 6.46. The number of aryl methyl sites for hydroxylation is 1. The quantitative estimate of drug-likeness (QED) is 0.769. The second-order valence-electron chi connectivity index (χ2n) is 6.92. The van der Waals surface area contributed by atoms with Gasteiger partial charge in [0, 0.05) is 57.1 Å². The molecular weight excluding hydrogens is 328 g/mol. The third-order valence-corrected chi connectivity index (χ3v) is 4.75. The first-order valence-electron chi connectivity index (χ1n) is 8.92. The minimum Gasteiger partial charge on any atom is -0.367 e. The van der Waals surface area contributed by atoms with Crippen molar-refractivity contribution in [1.82, 2.24) is 24.6 Å². The number of aromatic nitrogens is 5. The second-order valence-corrected chi connectivity index (χ2v) is 6.92. The van der Waals surface area contributed by atoms with Crippen LogP contribution in [-0.2, 0) is 0 Å². The lowest BCUT2D eigenvalue weighted by Gasteiger charge is -2.34. The first-order valence-corrected chi connectivity index (χ1v) is 8.92. The average molecular weight is 352 g/mol. The van der Waals surface area contributed by atoms with Crippen molar-refractivity contribution in [2.24, 2.45) is 0 Å². The van der Waals surface area contributed by atoms with Gasteiger partial charge in [-0.25, -0.2) is 15.0 Å². The molecule has 0 unspecified atom stereocenters. The molecule has 0 atom stereocenters. The summed E-state index contributed by atoms with van der Waals surface area (Å²) in [5, 5.41) is 7.98. The predicted octanol–water partition coefficient (Wildman–Crippen LogP) is 1.97. The van der Waals surface area contributed by atoms with Crippen LogP contribution in [0, 0.1) is 6.92 Å². The van der Waals surface area contributed by atoms with E-state index in [1.807, 2.05) is 42.6 Å². The highest BCUT2D eigenvalue weighted by molar-refractivity contribution is 5.51. The van der Waals surface area contributed by atoms with Crippen LogP contribution in [0.5, 0.6) is 0 Å².